The van der Waals surface area contributed by atoms with E-state index in [0.717, 1.165) is 17.8 Å². The van der Waals surface area contributed by atoms with Crippen LogP contribution >= 0.6 is 11.8 Å². The summed E-state index contributed by atoms with van der Waals surface area (Å²) in [5.41, 5.74) is 0.230. The monoisotopic (exact) mass is 254 g/mol. The molecule has 1 N–H and O–H groups in total. The summed E-state index contributed by atoms with van der Waals surface area (Å²) in [6, 6.07) is 1.10. The third-order valence-electron chi connectivity index (χ3n) is 1.87. The minimum Gasteiger partial charge on any atom is -0.478 e. The lowest BCUT2D eigenvalue weighted by atomic mass is 10.3. The normalized spacial score (nSPS) is 10.5. The van der Waals surface area contributed by atoms with E-state index in [1.165, 1.54) is 12.5 Å². The van der Waals surface area contributed by atoms with E-state index < -0.39 is 17.3 Å². The highest BCUT2D eigenvalue weighted by atomic mass is 32.2. The molecule has 0 aliphatic rings. The van der Waals surface area contributed by atoms with Gasteiger partial charge in [-0.3, -0.25) is 0 Å². The van der Waals surface area contributed by atoms with Crippen molar-refractivity contribution in [2.24, 2.45) is 0 Å². The number of hydrogen-bond acceptors (Lipinski definition) is 5. The number of halogens is 1. The minimum atomic E-state index is -1.34. The van der Waals surface area contributed by atoms with Crippen molar-refractivity contribution in [3.8, 4) is 0 Å². The Morgan fingerprint density at radius 3 is 2.94 bits per heavy atom. The number of oxazole rings is 1. The second-order valence-corrected chi connectivity index (χ2v) is 4.08. The topological polar surface area (TPSA) is 76.2 Å². The first-order valence-corrected chi connectivity index (χ1v) is 5.37. The zero-order valence-electron chi connectivity index (χ0n) is 8.68. The Morgan fingerprint density at radius 2 is 2.35 bits per heavy atom. The molecule has 0 unspecified atom stereocenters. The van der Waals surface area contributed by atoms with Crippen molar-refractivity contribution < 1.29 is 18.7 Å². The number of hydrogen-bond donors (Lipinski definition) is 1. The van der Waals surface area contributed by atoms with Crippen molar-refractivity contribution in [3.05, 3.63) is 35.6 Å². The molecule has 0 saturated carbocycles. The molecule has 0 fully saturated rings. The molecular weight excluding hydrogens is 247 g/mol. The maximum Gasteiger partial charge on any atom is 0.338 e. The first kappa shape index (κ1) is 11.6. The second kappa shape index (κ2) is 4.54. The van der Waals surface area contributed by atoms with Gasteiger partial charge in [-0.25, -0.2) is 19.2 Å². The van der Waals surface area contributed by atoms with Gasteiger partial charge in [0.15, 0.2) is 5.82 Å². The van der Waals surface area contributed by atoms with Gasteiger partial charge in [0.1, 0.15) is 11.3 Å². The maximum absolute atomic E-state index is 13.7. The lowest BCUT2D eigenvalue weighted by Gasteiger charge is -2.01. The maximum atomic E-state index is 13.7. The Balaban J connectivity index is 2.33. The minimum absolute atomic E-state index is 0.0771. The summed E-state index contributed by atoms with van der Waals surface area (Å²) in [5, 5.41) is 8.89. The average Bonchev–Trinajstić information content (AvgIpc) is 2.67. The Labute approximate surface area is 99.7 Å². The number of nitrogens with zero attached hydrogens (tertiary/aromatic N) is 2. The number of aryl methyl sites for hydroxylation is 1. The van der Waals surface area contributed by atoms with E-state index in [-0.39, 0.29) is 10.2 Å². The Bertz CT molecular complexity index is 570. The van der Waals surface area contributed by atoms with Crippen molar-refractivity contribution in [2.75, 3.05) is 0 Å². The smallest absolute Gasteiger partial charge is 0.338 e. The van der Waals surface area contributed by atoms with Gasteiger partial charge in [-0.1, -0.05) is 0 Å². The van der Waals surface area contributed by atoms with Gasteiger partial charge in [-0.05, 0) is 24.8 Å². The molecule has 0 atom stereocenters. The molecule has 7 heteroatoms. The molecule has 0 radical (unpaired) electrons. The van der Waals surface area contributed by atoms with Crippen LogP contribution < -0.4 is 0 Å². The SMILES string of the molecule is Cc1coc(Sc2nccc(C(=O)O)c2F)n1. The lowest BCUT2D eigenvalue weighted by molar-refractivity contribution is 0.0691. The number of carbonyl (C=O) groups is 1. The van der Waals surface area contributed by atoms with Gasteiger partial charge in [0.25, 0.3) is 5.22 Å². The highest BCUT2D eigenvalue weighted by Crippen LogP contribution is 2.28. The molecule has 0 aromatic carbocycles. The van der Waals surface area contributed by atoms with Crippen LogP contribution in [0.5, 0.6) is 0 Å². The fraction of sp³-hybridized carbons (Fsp3) is 0.100. The van der Waals surface area contributed by atoms with E-state index in [4.69, 9.17) is 9.52 Å². The highest BCUT2D eigenvalue weighted by Gasteiger charge is 2.17. The first-order valence-electron chi connectivity index (χ1n) is 4.55. The Morgan fingerprint density at radius 1 is 1.59 bits per heavy atom. The summed E-state index contributed by atoms with van der Waals surface area (Å²) in [5.74, 6) is -2.23. The van der Waals surface area contributed by atoms with Crippen LogP contribution in [0, 0.1) is 12.7 Å². The van der Waals surface area contributed by atoms with Crippen molar-refractivity contribution in [2.45, 2.75) is 17.2 Å². The van der Waals surface area contributed by atoms with Gasteiger partial charge in [-0.2, -0.15) is 0 Å². The van der Waals surface area contributed by atoms with Crippen LogP contribution in [0.15, 0.2) is 33.2 Å². The van der Waals surface area contributed by atoms with Crippen LogP contribution in [0.3, 0.4) is 0 Å². The third kappa shape index (κ3) is 2.44. The highest BCUT2D eigenvalue weighted by molar-refractivity contribution is 7.99. The summed E-state index contributed by atoms with van der Waals surface area (Å²) in [6.07, 6.45) is 2.64. The fourth-order valence-electron chi connectivity index (χ4n) is 1.12. The summed E-state index contributed by atoms with van der Waals surface area (Å²) in [6.45, 7) is 1.73. The molecule has 2 aromatic heterocycles. The molecule has 88 valence electrons. The van der Waals surface area contributed by atoms with Crippen molar-refractivity contribution in [1.29, 1.82) is 0 Å². The van der Waals surface area contributed by atoms with Crippen LogP contribution in [0.2, 0.25) is 0 Å². The zero-order valence-corrected chi connectivity index (χ0v) is 9.49. The molecule has 2 heterocycles. The molecule has 0 saturated heterocycles. The van der Waals surface area contributed by atoms with E-state index in [1.807, 2.05) is 0 Å². The number of carboxylic acid groups (broad SMARTS) is 1. The standard InChI is InChI=1S/C10H7FN2O3S/c1-5-4-16-10(13-5)17-8-7(11)6(9(14)15)2-3-12-8/h2-4H,1H3,(H,14,15). The van der Waals surface area contributed by atoms with Gasteiger partial charge in [0, 0.05) is 6.20 Å². The Kier molecular flexibility index (Phi) is 3.10. The van der Waals surface area contributed by atoms with E-state index in [1.54, 1.807) is 6.92 Å². The molecule has 0 aliphatic heterocycles. The molecule has 0 spiro atoms. The van der Waals surface area contributed by atoms with Crippen LogP contribution in [-0.2, 0) is 0 Å². The predicted octanol–water partition coefficient (Wildman–Crippen LogP) is 2.37. The Hall–Kier alpha value is -1.89. The molecule has 2 rings (SSSR count). The van der Waals surface area contributed by atoms with E-state index >= 15 is 0 Å². The number of aromatic carboxylic acids is 1. The van der Waals surface area contributed by atoms with Crippen LogP contribution in [0.25, 0.3) is 0 Å². The second-order valence-electron chi connectivity index (χ2n) is 3.14. The summed E-state index contributed by atoms with van der Waals surface area (Å²) < 4.78 is 18.7. The number of rotatable bonds is 3. The van der Waals surface area contributed by atoms with Gasteiger partial charge in [-0.15, -0.1) is 0 Å². The van der Waals surface area contributed by atoms with E-state index in [0.29, 0.717) is 5.69 Å². The van der Waals surface area contributed by atoms with Crippen LogP contribution in [-0.4, -0.2) is 21.0 Å². The molecule has 2 aromatic rings. The molecule has 5 nitrogen and oxygen atoms in total. The largest absolute Gasteiger partial charge is 0.478 e. The van der Waals surface area contributed by atoms with Gasteiger partial charge >= 0.3 is 5.97 Å². The summed E-state index contributed by atoms with van der Waals surface area (Å²) in [4.78, 5) is 18.4. The molecule has 0 aliphatic carbocycles. The van der Waals surface area contributed by atoms with Gasteiger partial charge < -0.3 is 9.52 Å². The molecule has 0 bridgehead atoms. The summed E-state index contributed by atoms with van der Waals surface area (Å²) >= 11 is 0.839. The van der Waals surface area contributed by atoms with E-state index in [9.17, 15) is 9.18 Å². The fourth-order valence-corrected chi connectivity index (χ4v) is 1.89. The van der Waals surface area contributed by atoms with E-state index in [2.05, 4.69) is 9.97 Å². The van der Waals surface area contributed by atoms with Gasteiger partial charge in [0.2, 0.25) is 0 Å². The van der Waals surface area contributed by atoms with Crippen LogP contribution in [0.4, 0.5) is 4.39 Å². The molecular formula is C10H7FN2O3S. The van der Waals surface area contributed by atoms with Crippen molar-refractivity contribution in [1.82, 2.24) is 9.97 Å². The number of carboxylic acids is 1. The molecule has 0 amide bonds. The summed E-state index contributed by atoms with van der Waals surface area (Å²) in [7, 11) is 0. The zero-order chi connectivity index (χ0) is 12.4. The third-order valence-corrected chi connectivity index (χ3v) is 2.71. The number of pyridine rings is 1. The average molecular weight is 254 g/mol. The molecule has 17 heavy (non-hydrogen) atoms. The van der Waals surface area contributed by atoms with Crippen molar-refractivity contribution in [3.63, 3.8) is 0 Å². The van der Waals surface area contributed by atoms with Gasteiger partial charge in [0.05, 0.1) is 11.3 Å². The first-order chi connectivity index (χ1) is 8.08. The lowest BCUT2D eigenvalue weighted by Crippen LogP contribution is -2.02. The predicted molar refractivity (Wildman–Crippen MR) is 56.5 cm³/mol. The quantitative estimate of drug-likeness (QED) is 0.906. The number of aromatic nitrogens is 2. The van der Waals surface area contributed by atoms with Crippen LogP contribution in [0.1, 0.15) is 16.1 Å². The van der Waals surface area contributed by atoms with Crippen molar-refractivity contribution >= 4 is 17.7 Å².